The van der Waals surface area contributed by atoms with E-state index in [1.165, 1.54) is 29.4 Å². The van der Waals surface area contributed by atoms with Gasteiger partial charge in [-0.05, 0) is 23.3 Å². The zero-order chi connectivity index (χ0) is 29.1. The Labute approximate surface area is 253 Å². The van der Waals surface area contributed by atoms with Crippen LogP contribution in [0, 0.1) is 0 Å². The van der Waals surface area contributed by atoms with Crippen LogP contribution < -0.4 is 10.6 Å². The normalized spacial score (nSPS) is 17.8. The average Bonchev–Trinajstić information content (AvgIpc) is 3.71. The fourth-order valence-electron chi connectivity index (χ4n) is 4.78. The second-order valence-electron chi connectivity index (χ2n) is 9.31. The molecule has 0 radical (unpaired) electrons. The molecule has 212 valence electrons. The predicted octanol–water partition coefficient (Wildman–Crippen LogP) is 3.32. The summed E-state index contributed by atoms with van der Waals surface area (Å²) in [6.45, 7) is 0. The van der Waals surface area contributed by atoms with Crippen molar-refractivity contribution in [1.29, 1.82) is 0 Å². The molecule has 2 aromatic carbocycles. The van der Waals surface area contributed by atoms with E-state index in [0.717, 1.165) is 11.1 Å². The van der Waals surface area contributed by atoms with Crippen LogP contribution in [0.4, 0.5) is 5.13 Å². The maximum absolute atomic E-state index is 13.6. The summed E-state index contributed by atoms with van der Waals surface area (Å²) < 4.78 is 6.49. The van der Waals surface area contributed by atoms with Gasteiger partial charge in [-0.2, -0.15) is 5.10 Å². The minimum Gasteiger partial charge on any atom is -0.469 e. The van der Waals surface area contributed by atoms with Crippen molar-refractivity contribution in [3.05, 3.63) is 101 Å². The molecule has 0 unspecified atom stereocenters. The summed E-state index contributed by atoms with van der Waals surface area (Å²) in [7, 11) is 0. The molecule has 2 aliphatic heterocycles. The van der Waals surface area contributed by atoms with Gasteiger partial charge in [0, 0.05) is 16.7 Å². The van der Waals surface area contributed by atoms with Crippen molar-refractivity contribution >= 4 is 69.3 Å². The second kappa shape index (κ2) is 12.2. The molecule has 1 fully saturated rings. The van der Waals surface area contributed by atoms with E-state index >= 15 is 0 Å². The summed E-state index contributed by atoms with van der Waals surface area (Å²) in [6.07, 6.45) is 1.38. The number of carbonyl (C=O) groups excluding carboxylic acids is 3. The van der Waals surface area contributed by atoms with Gasteiger partial charge in [0.25, 0.3) is 5.91 Å². The van der Waals surface area contributed by atoms with Crippen LogP contribution in [0.3, 0.4) is 0 Å². The molecular formula is C28H23N7O4S3. The highest BCUT2D eigenvalue weighted by molar-refractivity contribution is 8.00. The molecule has 0 spiro atoms. The topological polar surface area (TPSA) is 142 Å². The molecule has 4 aromatic rings. The number of nitrogens with one attached hydrogen (secondary N) is 3. The first kappa shape index (κ1) is 27.8. The van der Waals surface area contributed by atoms with E-state index in [0.29, 0.717) is 40.1 Å². The zero-order valence-corrected chi connectivity index (χ0v) is 24.2. The Morgan fingerprint density at radius 1 is 1.17 bits per heavy atom. The summed E-state index contributed by atoms with van der Waals surface area (Å²) in [5.74, 6) is 0.288. The summed E-state index contributed by atoms with van der Waals surface area (Å²) in [5.41, 5.74) is 3.43. The number of thiazole rings is 1. The van der Waals surface area contributed by atoms with Gasteiger partial charge in [0.2, 0.25) is 17.4 Å². The molecular weight excluding hydrogens is 595 g/mol. The minimum absolute atomic E-state index is 0.0262. The standard InChI is InChI=1S/C28H23N7O4S3/c36-15-30-28-32-18(12-42-28)11-20(37)33-21-25(38)35-22(19(13-41-26(21)35)24-29-14-31-34-24)27(40)39-23(16-7-3-1-4-8-16)17-9-5-2-6-10-17/h1-10,12,14-15,21,23,26H,11,13H2,(H,33,37)(H,29,31,34)(H,30,32,36)/t21-,26-/m1/s1. The number of β-lactam (4-membered cyclic amide) rings is 1. The number of nitrogens with zero attached hydrogens (tertiary/aromatic N) is 4. The number of anilines is 1. The van der Waals surface area contributed by atoms with Gasteiger partial charge in [0.15, 0.2) is 11.0 Å². The number of amides is 3. The number of rotatable bonds is 10. The maximum atomic E-state index is 13.6. The number of aromatic nitrogens is 4. The van der Waals surface area contributed by atoms with Crippen molar-refractivity contribution in [1.82, 2.24) is 30.4 Å². The van der Waals surface area contributed by atoms with Gasteiger partial charge in [0.05, 0.1) is 12.1 Å². The number of H-pyrrole nitrogens is 1. The quantitative estimate of drug-likeness (QED) is 0.139. The highest BCUT2D eigenvalue weighted by Crippen LogP contribution is 2.44. The monoisotopic (exact) mass is 617 g/mol. The van der Waals surface area contributed by atoms with Crippen molar-refractivity contribution in [3.63, 3.8) is 0 Å². The van der Waals surface area contributed by atoms with E-state index in [4.69, 9.17) is 17.0 Å². The van der Waals surface area contributed by atoms with Crippen LogP contribution in [0.25, 0.3) is 5.57 Å². The number of fused-ring (bicyclic) bond motifs is 1. The van der Waals surface area contributed by atoms with E-state index in [1.807, 2.05) is 60.7 Å². The summed E-state index contributed by atoms with van der Waals surface area (Å²) in [4.78, 5) is 47.1. The van der Waals surface area contributed by atoms with Gasteiger partial charge < -0.3 is 15.4 Å². The lowest BCUT2D eigenvalue weighted by molar-refractivity contribution is -0.145. The number of hydrogen-bond acceptors (Lipinski definition) is 10. The molecule has 1 saturated heterocycles. The first-order valence-electron chi connectivity index (χ1n) is 12.8. The van der Waals surface area contributed by atoms with Crippen molar-refractivity contribution in [2.75, 3.05) is 11.1 Å². The Hall–Kier alpha value is -4.40. The zero-order valence-electron chi connectivity index (χ0n) is 21.8. The van der Waals surface area contributed by atoms with E-state index in [-0.39, 0.29) is 28.7 Å². The third kappa shape index (κ3) is 5.55. The predicted molar refractivity (Wildman–Crippen MR) is 162 cm³/mol. The van der Waals surface area contributed by atoms with Gasteiger partial charge >= 0.3 is 0 Å². The Morgan fingerprint density at radius 2 is 1.88 bits per heavy atom. The number of hydrogen-bond donors (Lipinski definition) is 3. The number of thiocarbonyl (C=S) groups is 1. The van der Waals surface area contributed by atoms with Gasteiger partial charge in [-0.1, -0.05) is 60.7 Å². The van der Waals surface area contributed by atoms with Gasteiger partial charge in [-0.25, -0.2) is 9.97 Å². The molecule has 14 heteroatoms. The van der Waals surface area contributed by atoms with E-state index in [2.05, 4.69) is 30.8 Å². The summed E-state index contributed by atoms with van der Waals surface area (Å²) >= 11 is 8.59. The van der Waals surface area contributed by atoms with Gasteiger partial charge in [-0.15, -0.1) is 23.1 Å². The Morgan fingerprint density at radius 3 is 2.52 bits per heavy atom. The van der Waals surface area contributed by atoms with Crippen molar-refractivity contribution in [3.8, 4) is 0 Å². The SMILES string of the molecule is O=CNc1nc(CC(=O)N[C@@H]2C(=O)N3C(C(=S)OC(c4ccccc4)c4ccccc4)=C(c4ncn[nH]4)CS[C@H]23)cs1. The van der Waals surface area contributed by atoms with Crippen molar-refractivity contribution < 1.29 is 19.1 Å². The molecule has 0 bridgehead atoms. The lowest BCUT2D eigenvalue weighted by atomic mass is 10.0. The molecule has 11 nitrogen and oxygen atoms in total. The lowest BCUT2D eigenvalue weighted by Gasteiger charge is -2.50. The summed E-state index contributed by atoms with van der Waals surface area (Å²) in [5, 5.41) is 14.0. The number of carbonyl (C=O) groups is 3. The molecule has 0 aliphatic carbocycles. The highest BCUT2D eigenvalue weighted by atomic mass is 32.2. The van der Waals surface area contributed by atoms with Crippen molar-refractivity contribution in [2.24, 2.45) is 0 Å². The van der Waals surface area contributed by atoms with Crippen LogP contribution in [0.1, 0.15) is 28.7 Å². The van der Waals surface area contributed by atoms with E-state index < -0.39 is 12.1 Å². The first-order chi connectivity index (χ1) is 20.5. The van der Waals surface area contributed by atoms with E-state index in [9.17, 15) is 14.4 Å². The Balaban J connectivity index is 1.25. The van der Waals surface area contributed by atoms with Crippen molar-refractivity contribution in [2.45, 2.75) is 23.9 Å². The summed E-state index contributed by atoms with van der Waals surface area (Å²) in [6, 6.07) is 18.7. The van der Waals surface area contributed by atoms with Gasteiger partial charge in [0.1, 0.15) is 29.5 Å². The molecule has 42 heavy (non-hydrogen) atoms. The van der Waals surface area contributed by atoms with Crippen LogP contribution in [-0.2, 0) is 25.5 Å². The molecule has 6 rings (SSSR count). The van der Waals surface area contributed by atoms with Crippen LogP contribution in [0.15, 0.2) is 78.1 Å². The third-order valence-corrected chi connectivity index (χ3v) is 9.08. The third-order valence-electron chi connectivity index (χ3n) is 6.68. The molecule has 3 amide bonds. The number of benzene rings is 2. The fraction of sp³-hybridized carbons (Fsp3) is 0.179. The average molecular weight is 618 g/mol. The molecule has 4 heterocycles. The van der Waals surface area contributed by atoms with Crippen LogP contribution in [0.5, 0.6) is 0 Å². The number of aromatic amines is 1. The van der Waals surface area contributed by atoms with Crippen LogP contribution in [-0.4, -0.2) is 65.5 Å². The molecule has 2 atom stereocenters. The molecule has 0 saturated carbocycles. The Kier molecular flexibility index (Phi) is 8.08. The Bertz CT molecular complexity index is 1600. The van der Waals surface area contributed by atoms with Gasteiger partial charge in [-0.3, -0.25) is 24.4 Å². The van der Waals surface area contributed by atoms with E-state index in [1.54, 1.807) is 10.3 Å². The highest BCUT2D eigenvalue weighted by Gasteiger charge is 2.54. The van der Waals surface area contributed by atoms with Crippen LogP contribution in [0.2, 0.25) is 0 Å². The minimum atomic E-state index is -0.748. The lowest BCUT2D eigenvalue weighted by Crippen LogP contribution is -2.70. The van der Waals surface area contributed by atoms with Crippen LogP contribution >= 0.6 is 35.3 Å². The molecule has 2 aromatic heterocycles. The number of ether oxygens (including phenoxy) is 1. The number of thioether (sulfide) groups is 1. The largest absolute Gasteiger partial charge is 0.469 e. The second-order valence-corrected chi connectivity index (χ2v) is 11.6. The smallest absolute Gasteiger partial charge is 0.253 e. The first-order valence-corrected chi connectivity index (χ1v) is 15.2. The fourth-order valence-corrected chi connectivity index (χ4v) is 7.12. The maximum Gasteiger partial charge on any atom is 0.253 e. The molecule has 2 aliphatic rings. The molecule has 3 N–H and O–H groups in total.